The van der Waals surface area contributed by atoms with Crippen LogP contribution in [0.3, 0.4) is 0 Å². The molecule has 0 aliphatic carbocycles. The third kappa shape index (κ3) is 5.05. The summed E-state index contributed by atoms with van der Waals surface area (Å²) in [4.78, 5) is 14.9. The Bertz CT molecular complexity index is 1050. The first-order valence-electron chi connectivity index (χ1n) is 10.6. The average Bonchev–Trinajstić information content (AvgIpc) is 3.15. The number of carbonyl (C=O) groups is 1. The highest BCUT2D eigenvalue weighted by Crippen LogP contribution is 2.35. The van der Waals surface area contributed by atoms with Crippen LogP contribution in [0.2, 0.25) is 5.02 Å². The number of hydrogen-bond donors (Lipinski definition) is 1. The summed E-state index contributed by atoms with van der Waals surface area (Å²) in [6.07, 6.45) is 0.648. The van der Waals surface area contributed by atoms with E-state index in [-0.39, 0.29) is 21.4 Å². The Morgan fingerprint density at radius 1 is 1.13 bits per heavy atom. The zero-order valence-electron chi connectivity index (χ0n) is 18.4. The number of hydrogen-bond acceptors (Lipinski definition) is 4. The number of nitrogens with one attached hydrogen (secondary N) is 1. The molecular formula is C23H30ClN3O3S. The van der Waals surface area contributed by atoms with E-state index in [1.807, 2.05) is 18.2 Å². The van der Waals surface area contributed by atoms with Gasteiger partial charge >= 0.3 is 0 Å². The second-order valence-electron chi connectivity index (χ2n) is 8.28. The number of sulfonamides is 1. The van der Waals surface area contributed by atoms with E-state index in [4.69, 9.17) is 11.6 Å². The minimum Gasteiger partial charge on any atom is -0.351 e. The second kappa shape index (κ2) is 9.59. The van der Waals surface area contributed by atoms with Crippen LogP contribution in [0.25, 0.3) is 0 Å². The van der Waals surface area contributed by atoms with Crippen LogP contribution in [0.1, 0.15) is 43.6 Å². The van der Waals surface area contributed by atoms with E-state index in [1.165, 1.54) is 16.4 Å². The number of amides is 1. The van der Waals surface area contributed by atoms with Crippen molar-refractivity contribution in [2.24, 2.45) is 0 Å². The number of carbonyl (C=O) groups excluding carboxylic acids is 1. The molecule has 1 amide bonds. The fourth-order valence-electron chi connectivity index (χ4n) is 4.03. The van der Waals surface area contributed by atoms with E-state index in [1.54, 1.807) is 12.1 Å². The lowest BCUT2D eigenvalue weighted by Gasteiger charge is -2.30. The van der Waals surface area contributed by atoms with Crippen molar-refractivity contribution in [2.45, 2.75) is 51.1 Å². The van der Waals surface area contributed by atoms with Crippen LogP contribution in [0, 0.1) is 0 Å². The van der Waals surface area contributed by atoms with Crippen molar-refractivity contribution in [1.29, 1.82) is 0 Å². The molecule has 3 rings (SSSR count). The Labute approximate surface area is 190 Å². The van der Waals surface area contributed by atoms with Crippen molar-refractivity contribution in [1.82, 2.24) is 10.2 Å². The van der Waals surface area contributed by atoms with Gasteiger partial charge in [-0.25, -0.2) is 8.42 Å². The van der Waals surface area contributed by atoms with E-state index in [9.17, 15) is 13.2 Å². The van der Waals surface area contributed by atoms with E-state index < -0.39 is 10.0 Å². The molecular weight excluding hydrogens is 434 g/mol. The Morgan fingerprint density at radius 2 is 1.81 bits per heavy atom. The molecule has 0 atom stereocenters. The van der Waals surface area contributed by atoms with Gasteiger partial charge in [0.2, 0.25) is 0 Å². The minimum absolute atomic E-state index is 0.0514. The van der Waals surface area contributed by atoms with E-state index in [0.717, 1.165) is 5.56 Å². The van der Waals surface area contributed by atoms with Gasteiger partial charge < -0.3 is 5.32 Å². The fourth-order valence-corrected chi connectivity index (χ4v) is 6.04. The zero-order chi connectivity index (χ0) is 22.8. The van der Waals surface area contributed by atoms with Crippen LogP contribution >= 0.6 is 11.6 Å². The van der Waals surface area contributed by atoms with Gasteiger partial charge in [0.25, 0.3) is 15.9 Å². The number of nitrogens with zero attached hydrogens (tertiary/aromatic N) is 2. The van der Waals surface area contributed by atoms with Gasteiger partial charge in [0, 0.05) is 37.3 Å². The molecule has 2 aromatic carbocycles. The Balaban J connectivity index is 1.78. The lowest BCUT2D eigenvalue weighted by Crippen LogP contribution is -2.42. The molecule has 2 aromatic rings. The number of para-hydroxylation sites is 1. The minimum atomic E-state index is -3.88. The molecule has 0 saturated carbocycles. The maximum atomic E-state index is 13.3. The monoisotopic (exact) mass is 463 g/mol. The van der Waals surface area contributed by atoms with Crippen molar-refractivity contribution in [3.8, 4) is 0 Å². The molecule has 0 radical (unpaired) electrons. The molecule has 168 valence electrons. The average molecular weight is 464 g/mol. The zero-order valence-corrected chi connectivity index (χ0v) is 20.0. The number of anilines is 1. The highest BCUT2D eigenvalue weighted by molar-refractivity contribution is 7.93. The van der Waals surface area contributed by atoms with E-state index >= 15 is 0 Å². The first-order valence-corrected chi connectivity index (χ1v) is 12.4. The molecule has 1 heterocycles. The summed E-state index contributed by atoms with van der Waals surface area (Å²) in [7, 11) is -3.88. The number of rotatable bonds is 8. The quantitative estimate of drug-likeness (QED) is 0.643. The van der Waals surface area contributed by atoms with Gasteiger partial charge in [-0.05, 0) is 63.9 Å². The van der Waals surface area contributed by atoms with Crippen LogP contribution in [-0.4, -0.2) is 50.9 Å². The second-order valence-corrected chi connectivity index (χ2v) is 10.5. The summed E-state index contributed by atoms with van der Waals surface area (Å²) < 4.78 is 28.1. The predicted molar refractivity (Wildman–Crippen MR) is 125 cm³/mol. The summed E-state index contributed by atoms with van der Waals surface area (Å²) in [6.45, 7) is 10.0. The molecule has 0 fully saturated rings. The molecule has 1 aliphatic heterocycles. The van der Waals surface area contributed by atoms with Crippen molar-refractivity contribution in [3.05, 3.63) is 58.6 Å². The maximum absolute atomic E-state index is 13.3. The van der Waals surface area contributed by atoms with Crippen molar-refractivity contribution >= 4 is 33.2 Å². The molecule has 0 spiro atoms. The number of halogens is 1. The van der Waals surface area contributed by atoms with Crippen LogP contribution in [0.4, 0.5) is 5.69 Å². The van der Waals surface area contributed by atoms with E-state index in [2.05, 4.69) is 37.9 Å². The topological polar surface area (TPSA) is 69.7 Å². The molecule has 0 bridgehead atoms. The Kier molecular flexibility index (Phi) is 7.29. The van der Waals surface area contributed by atoms with Crippen LogP contribution < -0.4 is 9.62 Å². The standard InChI is InChI=1S/C23H30ClN3O3S/c1-16(2)26(17(3)4)14-12-25-23(28)19-9-10-20(24)22(15-19)31(29,30)27-13-11-18-7-5-6-8-21(18)27/h5-10,15-17H,11-14H2,1-4H3,(H,25,28). The van der Waals surface area contributed by atoms with Crippen molar-refractivity contribution in [3.63, 3.8) is 0 Å². The molecule has 8 heteroatoms. The SMILES string of the molecule is CC(C)N(CCNC(=O)c1ccc(Cl)c(S(=O)(=O)N2CCc3ccccc32)c1)C(C)C. The van der Waals surface area contributed by atoms with Gasteiger partial charge in [-0.1, -0.05) is 29.8 Å². The molecule has 0 unspecified atom stereocenters. The summed E-state index contributed by atoms with van der Waals surface area (Å²) in [5.74, 6) is -0.317. The van der Waals surface area contributed by atoms with Gasteiger partial charge in [-0.3, -0.25) is 14.0 Å². The summed E-state index contributed by atoms with van der Waals surface area (Å²) >= 11 is 6.26. The molecule has 6 nitrogen and oxygen atoms in total. The summed E-state index contributed by atoms with van der Waals surface area (Å²) in [6, 6.07) is 12.6. The first-order chi connectivity index (χ1) is 14.6. The smallest absolute Gasteiger partial charge is 0.265 e. The van der Waals surface area contributed by atoms with Gasteiger partial charge in [0.15, 0.2) is 0 Å². The van der Waals surface area contributed by atoms with Crippen molar-refractivity contribution < 1.29 is 13.2 Å². The normalized spacial score (nSPS) is 13.9. The number of fused-ring (bicyclic) bond motifs is 1. The third-order valence-corrected chi connectivity index (χ3v) is 7.88. The highest BCUT2D eigenvalue weighted by atomic mass is 35.5. The largest absolute Gasteiger partial charge is 0.351 e. The molecule has 1 N–H and O–H groups in total. The molecule has 1 aliphatic rings. The third-order valence-electron chi connectivity index (χ3n) is 5.59. The van der Waals surface area contributed by atoms with Crippen molar-refractivity contribution in [2.75, 3.05) is 23.9 Å². The van der Waals surface area contributed by atoms with Crippen LogP contribution in [0.15, 0.2) is 47.4 Å². The van der Waals surface area contributed by atoms with E-state index in [0.29, 0.717) is 43.8 Å². The van der Waals surface area contributed by atoms with Gasteiger partial charge in [0.1, 0.15) is 4.90 Å². The first kappa shape index (κ1) is 23.6. The summed E-state index contributed by atoms with van der Waals surface area (Å²) in [5.41, 5.74) is 1.92. The predicted octanol–water partition coefficient (Wildman–Crippen LogP) is 3.94. The Morgan fingerprint density at radius 3 is 2.48 bits per heavy atom. The highest BCUT2D eigenvalue weighted by Gasteiger charge is 2.32. The maximum Gasteiger partial charge on any atom is 0.265 e. The lowest BCUT2D eigenvalue weighted by molar-refractivity contribution is 0.0939. The Hall–Kier alpha value is -2.09. The van der Waals surface area contributed by atoms with Crippen LogP contribution in [-0.2, 0) is 16.4 Å². The van der Waals surface area contributed by atoms with Crippen LogP contribution in [0.5, 0.6) is 0 Å². The lowest BCUT2D eigenvalue weighted by atomic mass is 10.2. The van der Waals surface area contributed by atoms with Gasteiger partial charge in [-0.15, -0.1) is 0 Å². The molecule has 0 saturated heterocycles. The van der Waals surface area contributed by atoms with Gasteiger partial charge in [-0.2, -0.15) is 0 Å². The van der Waals surface area contributed by atoms with Gasteiger partial charge in [0.05, 0.1) is 10.7 Å². The number of benzene rings is 2. The summed E-state index contributed by atoms with van der Waals surface area (Å²) in [5, 5.41) is 2.99. The fraction of sp³-hybridized carbons (Fsp3) is 0.435. The molecule has 0 aromatic heterocycles. The molecule has 31 heavy (non-hydrogen) atoms.